The first-order valence-electron chi connectivity index (χ1n) is 6.98. The summed E-state index contributed by atoms with van der Waals surface area (Å²) in [6, 6.07) is 8.26. The van der Waals surface area contributed by atoms with Crippen LogP contribution in [-0.2, 0) is 6.54 Å². The molecule has 0 unspecified atom stereocenters. The molecular formula is C17H19NO5. The molecule has 0 saturated carbocycles. The van der Waals surface area contributed by atoms with Crippen LogP contribution >= 0.6 is 0 Å². The Labute approximate surface area is 134 Å². The van der Waals surface area contributed by atoms with Gasteiger partial charge in [0.25, 0.3) is 0 Å². The van der Waals surface area contributed by atoms with Gasteiger partial charge in [0.1, 0.15) is 22.8 Å². The first-order chi connectivity index (χ1) is 11.0. The number of methoxy groups -OCH3 is 2. The molecule has 0 aliphatic rings. The van der Waals surface area contributed by atoms with Gasteiger partial charge < -0.3 is 25.0 Å². The number of carboxylic acid groups (broad SMARTS) is 1. The zero-order chi connectivity index (χ0) is 17.0. The fraction of sp³-hybridized carbons (Fsp3) is 0.235. The van der Waals surface area contributed by atoms with Gasteiger partial charge in [0.05, 0.1) is 25.5 Å². The Morgan fingerprint density at radius 3 is 2.30 bits per heavy atom. The lowest BCUT2D eigenvalue weighted by molar-refractivity contribution is 0.0695. The molecule has 0 heterocycles. The predicted octanol–water partition coefficient (Wildman–Crippen LogP) is 3.03. The molecule has 6 nitrogen and oxygen atoms in total. The molecule has 0 amide bonds. The number of rotatable bonds is 6. The summed E-state index contributed by atoms with van der Waals surface area (Å²) in [5, 5.41) is 22.0. The predicted molar refractivity (Wildman–Crippen MR) is 86.7 cm³/mol. The third-order valence-corrected chi connectivity index (χ3v) is 3.46. The Bertz CT molecular complexity index is 702. The molecule has 2 aromatic carbocycles. The molecule has 0 radical (unpaired) electrons. The van der Waals surface area contributed by atoms with Crippen LogP contribution in [0.15, 0.2) is 30.3 Å². The minimum absolute atomic E-state index is 0.169. The molecule has 122 valence electrons. The van der Waals surface area contributed by atoms with Crippen molar-refractivity contribution in [1.29, 1.82) is 0 Å². The van der Waals surface area contributed by atoms with Crippen molar-refractivity contribution in [3.05, 3.63) is 47.0 Å². The molecule has 0 aliphatic heterocycles. The highest BCUT2D eigenvalue weighted by Gasteiger charge is 2.17. The zero-order valence-electron chi connectivity index (χ0n) is 13.2. The fourth-order valence-electron chi connectivity index (χ4n) is 2.39. The molecule has 0 aromatic heterocycles. The number of phenols is 1. The van der Waals surface area contributed by atoms with Crippen molar-refractivity contribution in [1.82, 2.24) is 0 Å². The Morgan fingerprint density at radius 1 is 1.17 bits per heavy atom. The van der Waals surface area contributed by atoms with Crippen LogP contribution in [0.25, 0.3) is 0 Å². The van der Waals surface area contributed by atoms with E-state index in [9.17, 15) is 15.0 Å². The van der Waals surface area contributed by atoms with Gasteiger partial charge >= 0.3 is 5.97 Å². The number of carboxylic acids is 1. The highest BCUT2D eigenvalue weighted by molar-refractivity contribution is 5.97. The summed E-state index contributed by atoms with van der Waals surface area (Å²) in [4.78, 5) is 11.3. The highest BCUT2D eigenvalue weighted by atomic mass is 16.5. The molecule has 2 aromatic rings. The van der Waals surface area contributed by atoms with Crippen LogP contribution in [0.2, 0.25) is 0 Å². The third kappa shape index (κ3) is 3.48. The second kappa shape index (κ2) is 6.91. The van der Waals surface area contributed by atoms with Gasteiger partial charge in [0, 0.05) is 6.54 Å². The number of hydrogen-bond acceptors (Lipinski definition) is 5. The molecular weight excluding hydrogens is 298 g/mol. The molecule has 0 atom stereocenters. The SMILES string of the molecule is COc1cc(C)cc(OC)c1CNc1cccc(O)c1C(=O)O. The number of nitrogens with one attached hydrogen (secondary N) is 1. The van der Waals surface area contributed by atoms with E-state index in [1.807, 2.05) is 19.1 Å². The molecule has 0 spiro atoms. The summed E-state index contributed by atoms with van der Waals surface area (Å²) in [5.74, 6) is -0.198. The lowest BCUT2D eigenvalue weighted by Gasteiger charge is -2.16. The van der Waals surface area contributed by atoms with Crippen molar-refractivity contribution in [2.24, 2.45) is 0 Å². The monoisotopic (exact) mass is 317 g/mol. The highest BCUT2D eigenvalue weighted by Crippen LogP contribution is 2.32. The normalized spacial score (nSPS) is 10.2. The molecule has 0 aliphatic carbocycles. The number of ether oxygens (including phenoxy) is 2. The van der Waals surface area contributed by atoms with Gasteiger partial charge in [-0.2, -0.15) is 0 Å². The number of carbonyl (C=O) groups is 1. The molecule has 0 bridgehead atoms. The van der Waals surface area contributed by atoms with Crippen LogP contribution in [0.1, 0.15) is 21.5 Å². The van der Waals surface area contributed by atoms with Gasteiger partial charge in [-0.05, 0) is 36.8 Å². The first-order valence-corrected chi connectivity index (χ1v) is 6.98. The summed E-state index contributed by atoms with van der Waals surface area (Å²) in [7, 11) is 3.13. The van der Waals surface area contributed by atoms with Crippen LogP contribution < -0.4 is 14.8 Å². The van der Waals surface area contributed by atoms with Gasteiger partial charge in [-0.1, -0.05) is 6.07 Å². The van der Waals surface area contributed by atoms with Crippen LogP contribution in [0.5, 0.6) is 17.2 Å². The Balaban J connectivity index is 2.35. The van der Waals surface area contributed by atoms with E-state index < -0.39 is 5.97 Å². The summed E-state index contributed by atoms with van der Waals surface area (Å²) < 4.78 is 10.7. The molecule has 3 N–H and O–H groups in total. The van der Waals surface area contributed by atoms with Crippen molar-refractivity contribution in [3.63, 3.8) is 0 Å². The lowest BCUT2D eigenvalue weighted by Crippen LogP contribution is -2.08. The van der Waals surface area contributed by atoms with Gasteiger partial charge in [-0.25, -0.2) is 4.79 Å². The van der Waals surface area contributed by atoms with Gasteiger partial charge in [0.2, 0.25) is 0 Å². The van der Waals surface area contributed by atoms with Gasteiger partial charge in [-0.15, -0.1) is 0 Å². The van der Waals surface area contributed by atoms with Crippen molar-refractivity contribution >= 4 is 11.7 Å². The van der Waals surface area contributed by atoms with Gasteiger partial charge in [0.15, 0.2) is 0 Å². The standard InChI is InChI=1S/C17H19NO5/c1-10-7-14(22-2)11(15(8-10)23-3)9-18-12-5-4-6-13(19)16(12)17(20)21/h4-8,18-19H,9H2,1-3H3,(H,20,21). The van der Waals surface area contributed by atoms with Gasteiger partial charge in [-0.3, -0.25) is 0 Å². The molecule has 0 fully saturated rings. The summed E-state index contributed by atoms with van der Waals surface area (Å²) in [6.45, 7) is 2.22. The Hall–Kier alpha value is -2.89. The van der Waals surface area contributed by atoms with Crippen molar-refractivity contribution < 1.29 is 24.5 Å². The average molecular weight is 317 g/mol. The van der Waals surface area contributed by atoms with E-state index >= 15 is 0 Å². The van der Waals surface area contributed by atoms with Crippen LogP contribution in [0, 0.1) is 6.92 Å². The maximum Gasteiger partial charge on any atom is 0.341 e. The number of aromatic hydroxyl groups is 1. The minimum Gasteiger partial charge on any atom is -0.507 e. The van der Waals surface area contributed by atoms with E-state index in [0.717, 1.165) is 11.1 Å². The number of aryl methyl sites for hydroxylation is 1. The van der Waals surface area contributed by atoms with Crippen molar-refractivity contribution in [3.8, 4) is 17.2 Å². The van der Waals surface area contributed by atoms with E-state index in [-0.39, 0.29) is 17.9 Å². The third-order valence-electron chi connectivity index (χ3n) is 3.46. The smallest absolute Gasteiger partial charge is 0.341 e. The van der Waals surface area contributed by atoms with Crippen LogP contribution in [0.3, 0.4) is 0 Å². The Morgan fingerprint density at radius 2 is 1.78 bits per heavy atom. The second-order valence-corrected chi connectivity index (χ2v) is 5.01. The van der Waals surface area contributed by atoms with E-state index in [2.05, 4.69) is 5.32 Å². The summed E-state index contributed by atoms with van der Waals surface area (Å²) >= 11 is 0. The molecule has 2 rings (SSSR count). The van der Waals surface area contributed by atoms with Crippen molar-refractivity contribution in [2.45, 2.75) is 13.5 Å². The first kappa shape index (κ1) is 16.5. The molecule has 23 heavy (non-hydrogen) atoms. The van der Waals surface area contributed by atoms with E-state index in [0.29, 0.717) is 17.2 Å². The fourth-order valence-corrected chi connectivity index (χ4v) is 2.39. The molecule has 0 saturated heterocycles. The lowest BCUT2D eigenvalue weighted by atomic mass is 10.1. The maximum atomic E-state index is 11.3. The second-order valence-electron chi connectivity index (χ2n) is 5.01. The Kier molecular flexibility index (Phi) is 4.95. The zero-order valence-corrected chi connectivity index (χ0v) is 13.2. The summed E-state index contributed by atoms with van der Waals surface area (Å²) in [5.41, 5.74) is 1.91. The van der Waals surface area contributed by atoms with Crippen LogP contribution in [-0.4, -0.2) is 30.4 Å². The number of hydrogen-bond donors (Lipinski definition) is 3. The molecule has 6 heteroatoms. The number of aromatic carboxylic acids is 1. The van der Waals surface area contributed by atoms with E-state index in [1.165, 1.54) is 6.07 Å². The average Bonchev–Trinajstić information content (AvgIpc) is 2.52. The van der Waals surface area contributed by atoms with E-state index in [4.69, 9.17) is 9.47 Å². The number of anilines is 1. The topological polar surface area (TPSA) is 88.0 Å². The van der Waals surface area contributed by atoms with Crippen LogP contribution in [0.4, 0.5) is 5.69 Å². The quantitative estimate of drug-likeness (QED) is 0.759. The number of benzene rings is 2. The largest absolute Gasteiger partial charge is 0.507 e. The van der Waals surface area contributed by atoms with Crippen molar-refractivity contribution in [2.75, 3.05) is 19.5 Å². The van der Waals surface area contributed by atoms with E-state index in [1.54, 1.807) is 26.4 Å². The minimum atomic E-state index is -1.20. The maximum absolute atomic E-state index is 11.3. The summed E-state index contributed by atoms with van der Waals surface area (Å²) in [6.07, 6.45) is 0.